The van der Waals surface area contributed by atoms with Crippen molar-refractivity contribution in [3.05, 3.63) is 0 Å². The van der Waals surface area contributed by atoms with Crippen LogP contribution < -0.4 is 0 Å². The molecule has 6 heteroatoms. The van der Waals surface area contributed by atoms with Gasteiger partial charge in [-0.1, -0.05) is 45.2 Å². The van der Waals surface area contributed by atoms with E-state index in [2.05, 4.69) is 0 Å². The van der Waals surface area contributed by atoms with E-state index in [4.69, 9.17) is 9.47 Å². The Hall–Kier alpha value is 0.400. The third-order valence-electron chi connectivity index (χ3n) is 1.52. The summed E-state index contributed by atoms with van der Waals surface area (Å²) in [5.74, 6) is -0.615. The Kier molecular flexibility index (Phi) is 6.52. The highest BCUT2D eigenvalue weighted by Gasteiger charge is 2.27. The molecule has 0 aliphatic carbocycles. The molecule has 0 heterocycles. The normalized spacial score (nSPS) is 12.1. The van der Waals surface area contributed by atoms with Gasteiger partial charge in [0.2, 0.25) is 0 Å². The average Bonchev–Trinajstić information content (AvgIpc) is 2.08. The fourth-order valence-electron chi connectivity index (χ4n) is 0.612. The highest BCUT2D eigenvalue weighted by molar-refractivity contribution is 14.1. The van der Waals surface area contributed by atoms with E-state index in [-0.39, 0.29) is 25.2 Å². The molecule has 0 saturated heterocycles. The zero-order valence-corrected chi connectivity index (χ0v) is 14.1. The molecule has 0 aromatic heterocycles. The van der Waals surface area contributed by atoms with E-state index in [0.29, 0.717) is 0 Å². The Morgan fingerprint density at radius 3 is 1.31 bits per heavy atom. The number of alkyl halides is 2. The number of esters is 2. The fraction of sp³-hybridized carbons (Fsp3) is 0.800. The van der Waals surface area contributed by atoms with Crippen molar-refractivity contribution in [2.45, 2.75) is 34.5 Å². The van der Waals surface area contributed by atoms with E-state index in [9.17, 15) is 9.59 Å². The monoisotopic (exact) mass is 454 g/mol. The van der Waals surface area contributed by atoms with Crippen LogP contribution in [0.2, 0.25) is 0 Å². The second kappa shape index (κ2) is 6.36. The van der Waals surface area contributed by atoms with Gasteiger partial charge in [0.05, 0.1) is 0 Å². The van der Waals surface area contributed by atoms with Gasteiger partial charge in [-0.15, -0.1) is 0 Å². The Bertz CT molecular complexity index is 235. The lowest BCUT2D eigenvalue weighted by molar-refractivity contribution is -0.153. The van der Waals surface area contributed by atoms with E-state index in [1.807, 2.05) is 45.2 Å². The predicted molar refractivity (Wildman–Crippen MR) is 78.1 cm³/mol. The molecule has 0 rings (SSSR count). The van der Waals surface area contributed by atoms with Crippen LogP contribution in [0.1, 0.15) is 27.7 Å². The first-order chi connectivity index (χ1) is 7.05. The molecular weight excluding hydrogens is 438 g/mol. The molecule has 94 valence electrons. The van der Waals surface area contributed by atoms with Crippen LogP contribution in [0.5, 0.6) is 0 Å². The Morgan fingerprint density at radius 1 is 0.875 bits per heavy atom. The van der Waals surface area contributed by atoms with Gasteiger partial charge in [-0.05, 0) is 27.7 Å². The summed E-state index contributed by atoms with van der Waals surface area (Å²) in [6.45, 7) is 7.24. The molecule has 0 aliphatic rings. The predicted octanol–water partition coefficient (Wildman–Crippen LogP) is 2.50. The summed E-state index contributed by atoms with van der Waals surface area (Å²) in [5.41, 5.74) is 0. The zero-order chi connectivity index (χ0) is 13.0. The number of carbonyl (C=O) groups is 2. The molecule has 0 aromatic carbocycles. The van der Waals surface area contributed by atoms with E-state index < -0.39 is 6.84 Å². The maximum absolute atomic E-state index is 11.3. The molecule has 0 N–H and O–H groups in total. The second-order valence-electron chi connectivity index (χ2n) is 4.22. The van der Waals surface area contributed by atoms with Gasteiger partial charge in [-0.2, -0.15) is 0 Å². The minimum atomic E-state index is -0.551. The first-order valence-corrected chi connectivity index (χ1v) is 6.93. The third-order valence-corrected chi connectivity index (χ3v) is 2.40. The molecule has 0 saturated carbocycles. The molecule has 0 fully saturated rings. The Labute approximate surface area is 123 Å². The number of hydrogen-bond donors (Lipinski definition) is 0. The molecule has 4 nitrogen and oxygen atoms in total. The number of halogens is 2. The van der Waals surface area contributed by atoms with Crippen LogP contribution in [0.4, 0.5) is 0 Å². The summed E-state index contributed by atoms with van der Waals surface area (Å²) in [7, 11) is 0. The van der Waals surface area contributed by atoms with Crippen molar-refractivity contribution in [3.8, 4) is 0 Å². The summed E-state index contributed by atoms with van der Waals surface area (Å²) in [6, 6.07) is 0. The quantitative estimate of drug-likeness (QED) is 0.278. The van der Waals surface area contributed by atoms with E-state index in [1.54, 1.807) is 27.7 Å². The molecule has 16 heavy (non-hydrogen) atoms. The van der Waals surface area contributed by atoms with Gasteiger partial charge < -0.3 is 9.47 Å². The molecule has 0 spiro atoms. The number of ether oxygens (including phenoxy) is 2. The van der Waals surface area contributed by atoms with Crippen molar-refractivity contribution in [2.24, 2.45) is 0 Å². The number of hydrogen-bond acceptors (Lipinski definition) is 4. The highest BCUT2D eigenvalue weighted by Crippen LogP contribution is 2.19. The lowest BCUT2D eigenvalue weighted by Gasteiger charge is -2.17. The van der Waals surface area contributed by atoms with Crippen LogP contribution in [0.25, 0.3) is 0 Å². The van der Waals surface area contributed by atoms with Crippen LogP contribution in [0, 0.1) is 0 Å². The molecule has 0 amide bonds. The van der Waals surface area contributed by atoms with Crippen molar-refractivity contribution in [3.63, 3.8) is 0 Å². The summed E-state index contributed by atoms with van der Waals surface area (Å²) < 4.78 is 8.78. The standard InChI is InChI=1S/C10H16I2O4/c1-9(2,11)7(13)15-5-6-16-8(14)10(3,4)12/h5-6H2,1-4H3. The molecule has 0 radical (unpaired) electrons. The summed E-state index contributed by atoms with van der Waals surface area (Å²) in [6.07, 6.45) is 0. The minimum Gasteiger partial charge on any atom is -0.461 e. The van der Waals surface area contributed by atoms with Crippen LogP contribution in [0.15, 0.2) is 0 Å². The summed E-state index contributed by atoms with van der Waals surface area (Å²) in [4.78, 5) is 22.7. The maximum Gasteiger partial charge on any atom is 0.321 e. The first-order valence-electron chi connectivity index (χ1n) is 4.77. The number of rotatable bonds is 5. The van der Waals surface area contributed by atoms with Crippen LogP contribution in [0.3, 0.4) is 0 Å². The number of carbonyl (C=O) groups excluding carboxylic acids is 2. The smallest absolute Gasteiger partial charge is 0.321 e. The molecule has 0 atom stereocenters. The minimum absolute atomic E-state index is 0.101. The van der Waals surface area contributed by atoms with E-state index in [0.717, 1.165) is 0 Å². The summed E-state index contributed by atoms with van der Waals surface area (Å²) >= 11 is 3.99. The Morgan fingerprint density at radius 2 is 1.12 bits per heavy atom. The van der Waals surface area contributed by atoms with Crippen LogP contribution in [-0.2, 0) is 19.1 Å². The van der Waals surface area contributed by atoms with Gasteiger partial charge in [0.1, 0.15) is 20.1 Å². The van der Waals surface area contributed by atoms with Gasteiger partial charge in [0, 0.05) is 0 Å². The fourth-order valence-corrected chi connectivity index (χ4v) is 0.923. The van der Waals surface area contributed by atoms with Gasteiger partial charge in [0.25, 0.3) is 0 Å². The van der Waals surface area contributed by atoms with Crippen molar-refractivity contribution >= 4 is 57.1 Å². The topological polar surface area (TPSA) is 52.6 Å². The van der Waals surface area contributed by atoms with Gasteiger partial charge in [-0.3, -0.25) is 9.59 Å². The average molecular weight is 454 g/mol. The zero-order valence-electron chi connectivity index (χ0n) is 9.80. The lowest BCUT2D eigenvalue weighted by Crippen LogP contribution is -2.30. The van der Waals surface area contributed by atoms with Crippen LogP contribution >= 0.6 is 45.2 Å². The molecule has 0 bridgehead atoms. The first kappa shape index (κ1) is 16.4. The molecule has 0 unspecified atom stereocenters. The van der Waals surface area contributed by atoms with Gasteiger partial charge >= 0.3 is 11.9 Å². The SMILES string of the molecule is CC(C)(I)C(=O)OCCOC(=O)C(C)(C)I. The molecule has 0 aromatic rings. The second-order valence-corrected chi connectivity index (χ2v) is 9.61. The largest absolute Gasteiger partial charge is 0.461 e. The lowest BCUT2D eigenvalue weighted by atomic mass is 10.2. The van der Waals surface area contributed by atoms with Crippen molar-refractivity contribution < 1.29 is 19.1 Å². The molecule has 0 aliphatic heterocycles. The summed E-state index contributed by atoms with van der Waals surface area (Å²) in [5, 5.41) is 0. The van der Waals surface area contributed by atoms with E-state index in [1.165, 1.54) is 0 Å². The van der Waals surface area contributed by atoms with Crippen molar-refractivity contribution in [1.29, 1.82) is 0 Å². The van der Waals surface area contributed by atoms with Gasteiger partial charge in [-0.25, -0.2) is 0 Å². The highest BCUT2D eigenvalue weighted by atomic mass is 127. The third kappa shape index (κ3) is 6.87. The maximum atomic E-state index is 11.3. The van der Waals surface area contributed by atoms with Gasteiger partial charge in [0.15, 0.2) is 0 Å². The van der Waals surface area contributed by atoms with E-state index >= 15 is 0 Å². The molecular formula is C10H16I2O4. The van der Waals surface area contributed by atoms with Crippen LogP contribution in [-0.4, -0.2) is 32.0 Å². The van der Waals surface area contributed by atoms with Crippen molar-refractivity contribution in [2.75, 3.05) is 13.2 Å². The van der Waals surface area contributed by atoms with Crippen molar-refractivity contribution in [1.82, 2.24) is 0 Å². The Balaban J connectivity index is 3.79.